The highest BCUT2D eigenvalue weighted by Gasteiger charge is 2.48. The van der Waals surface area contributed by atoms with E-state index in [9.17, 15) is 18.0 Å². The fraction of sp³-hybridized carbons (Fsp3) is 0.429. The lowest BCUT2D eigenvalue weighted by atomic mass is 9.77. The molecule has 9 heteroatoms. The highest BCUT2D eigenvalue weighted by Crippen LogP contribution is 2.44. The summed E-state index contributed by atoms with van der Waals surface area (Å²) >= 11 is 0. The summed E-state index contributed by atoms with van der Waals surface area (Å²) in [5.41, 5.74) is 1.06. The lowest BCUT2D eigenvalue weighted by Crippen LogP contribution is -2.45. The van der Waals surface area contributed by atoms with Gasteiger partial charge in [-0.25, -0.2) is 4.98 Å². The molecule has 1 spiro atoms. The maximum Gasteiger partial charge on any atom is 0.573 e. The summed E-state index contributed by atoms with van der Waals surface area (Å²) in [7, 11) is 1.58. The van der Waals surface area contributed by atoms with Gasteiger partial charge in [0.2, 0.25) is 11.8 Å². The molecule has 0 radical (unpaired) electrons. The number of ether oxygens (including phenoxy) is 2. The number of methoxy groups -OCH3 is 1. The molecule has 1 amide bonds. The van der Waals surface area contributed by atoms with Crippen molar-refractivity contribution < 1.29 is 27.4 Å². The number of benzene rings is 1. The first kappa shape index (κ1) is 20.3. The Hall–Kier alpha value is -2.97. The van der Waals surface area contributed by atoms with Crippen LogP contribution in [-0.2, 0) is 4.79 Å². The molecule has 4 rings (SSSR count). The number of amides is 1. The van der Waals surface area contributed by atoms with Gasteiger partial charge >= 0.3 is 6.36 Å². The van der Waals surface area contributed by atoms with Crippen LogP contribution in [0.4, 0.5) is 24.5 Å². The van der Waals surface area contributed by atoms with E-state index < -0.39 is 11.8 Å². The van der Waals surface area contributed by atoms with Crippen molar-refractivity contribution in [1.29, 1.82) is 0 Å². The molecule has 2 aliphatic rings. The summed E-state index contributed by atoms with van der Waals surface area (Å²) in [5.74, 6) is 0.296. The number of alkyl halides is 3. The summed E-state index contributed by atoms with van der Waals surface area (Å²) in [5, 5.41) is 0. The second-order valence-electron chi connectivity index (χ2n) is 7.55. The standard InChI is InChI=1S/C21H22F3N3O3/c1-29-18-17(3-2-11-25-18)26-12-8-20(9-13-26)10-14-27(19(20)28)15-4-6-16(7-5-15)30-21(22,23)24/h2-7,11H,8-10,12-14H2,1H3. The van der Waals surface area contributed by atoms with Gasteiger partial charge in [0.15, 0.2) is 0 Å². The summed E-state index contributed by atoms with van der Waals surface area (Å²) < 4.78 is 46.3. The number of hydrogen-bond acceptors (Lipinski definition) is 5. The number of anilines is 2. The third-order valence-corrected chi connectivity index (χ3v) is 5.90. The Kier molecular flexibility index (Phi) is 5.21. The van der Waals surface area contributed by atoms with Crippen LogP contribution in [0.15, 0.2) is 42.6 Å². The van der Waals surface area contributed by atoms with Gasteiger partial charge in [0.25, 0.3) is 0 Å². The zero-order valence-electron chi connectivity index (χ0n) is 16.5. The lowest BCUT2D eigenvalue weighted by molar-refractivity contribution is -0.274. The molecule has 0 aliphatic carbocycles. The van der Waals surface area contributed by atoms with Gasteiger partial charge < -0.3 is 19.3 Å². The predicted octanol–water partition coefficient (Wildman–Crippen LogP) is 4.01. The quantitative estimate of drug-likeness (QED) is 0.747. The van der Waals surface area contributed by atoms with E-state index in [-0.39, 0.29) is 11.7 Å². The van der Waals surface area contributed by atoms with Crippen molar-refractivity contribution >= 4 is 17.3 Å². The van der Waals surface area contributed by atoms with Crippen molar-refractivity contribution in [3.05, 3.63) is 42.6 Å². The maximum absolute atomic E-state index is 13.2. The van der Waals surface area contributed by atoms with Gasteiger partial charge in [0, 0.05) is 31.5 Å². The van der Waals surface area contributed by atoms with Crippen molar-refractivity contribution in [2.75, 3.05) is 36.5 Å². The Labute approximate surface area is 172 Å². The molecule has 3 heterocycles. The number of carbonyl (C=O) groups is 1. The van der Waals surface area contributed by atoms with Crippen molar-refractivity contribution in [3.8, 4) is 11.6 Å². The molecule has 2 aromatic rings. The van der Waals surface area contributed by atoms with Crippen LogP contribution in [0.3, 0.4) is 0 Å². The molecule has 0 saturated carbocycles. The van der Waals surface area contributed by atoms with Gasteiger partial charge in [-0.2, -0.15) is 0 Å². The molecule has 1 aromatic heterocycles. The molecule has 1 aromatic carbocycles. The fourth-order valence-corrected chi connectivity index (χ4v) is 4.31. The highest BCUT2D eigenvalue weighted by atomic mass is 19.4. The first-order valence-electron chi connectivity index (χ1n) is 9.73. The number of halogens is 3. The largest absolute Gasteiger partial charge is 0.573 e. The second kappa shape index (κ2) is 7.70. The van der Waals surface area contributed by atoms with E-state index in [2.05, 4.69) is 14.6 Å². The van der Waals surface area contributed by atoms with E-state index in [1.807, 2.05) is 12.1 Å². The zero-order chi connectivity index (χ0) is 21.4. The highest BCUT2D eigenvalue weighted by molar-refractivity contribution is 6.00. The van der Waals surface area contributed by atoms with Crippen LogP contribution in [-0.4, -0.2) is 44.0 Å². The number of piperidine rings is 1. The van der Waals surface area contributed by atoms with Crippen molar-refractivity contribution in [3.63, 3.8) is 0 Å². The van der Waals surface area contributed by atoms with Gasteiger partial charge in [0.1, 0.15) is 5.75 Å². The first-order chi connectivity index (χ1) is 14.3. The van der Waals surface area contributed by atoms with Gasteiger partial charge in [-0.1, -0.05) is 0 Å². The first-order valence-corrected chi connectivity index (χ1v) is 9.73. The fourth-order valence-electron chi connectivity index (χ4n) is 4.31. The number of pyridine rings is 1. The van der Waals surface area contributed by atoms with E-state index in [4.69, 9.17) is 4.74 Å². The van der Waals surface area contributed by atoms with Crippen LogP contribution in [0.25, 0.3) is 0 Å². The molecule has 160 valence electrons. The molecule has 0 unspecified atom stereocenters. The molecule has 0 N–H and O–H groups in total. The smallest absolute Gasteiger partial charge is 0.480 e. The minimum atomic E-state index is -4.74. The number of aromatic nitrogens is 1. The second-order valence-corrected chi connectivity index (χ2v) is 7.55. The van der Waals surface area contributed by atoms with E-state index in [0.29, 0.717) is 44.0 Å². The number of carbonyl (C=O) groups excluding carboxylic acids is 1. The van der Waals surface area contributed by atoms with E-state index in [1.54, 1.807) is 18.2 Å². The molecule has 30 heavy (non-hydrogen) atoms. The average Bonchev–Trinajstić information content (AvgIpc) is 3.04. The monoisotopic (exact) mass is 421 g/mol. The van der Waals surface area contributed by atoms with Crippen molar-refractivity contribution in [2.24, 2.45) is 5.41 Å². The lowest BCUT2D eigenvalue weighted by Gasteiger charge is -2.39. The minimum absolute atomic E-state index is 0.0322. The van der Waals surface area contributed by atoms with E-state index in [0.717, 1.165) is 12.1 Å². The summed E-state index contributed by atoms with van der Waals surface area (Å²) in [6.45, 7) is 1.97. The zero-order valence-corrected chi connectivity index (χ0v) is 16.5. The third-order valence-electron chi connectivity index (χ3n) is 5.90. The van der Waals surface area contributed by atoms with Gasteiger partial charge in [0.05, 0.1) is 18.2 Å². The van der Waals surface area contributed by atoms with Crippen molar-refractivity contribution in [2.45, 2.75) is 25.6 Å². The Bertz CT molecular complexity index is 910. The number of rotatable bonds is 4. The molecule has 2 aliphatic heterocycles. The third kappa shape index (κ3) is 3.88. The van der Waals surface area contributed by atoms with Crippen LogP contribution in [0.5, 0.6) is 11.6 Å². The van der Waals surface area contributed by atoms with Gasteiger partial charge in [-0.15, -0.1) is 13.2 Å². The van der Waals surface area contributed by atoms with Gasteiger partial charge in [-0.3, -0.25) is 4.79 Å². The Morgan fingerprint density at radius 2 is 1.70 bits per heavy atom. The topological polar surface area (TPSA) is 54.9 Å². The minimum Gasteiger partial charge on any atom is -0.480 e. The Morgan fingerprint density at radius 1 is 1.03 bits per heavy atom. The SMILES string of the molecule is COc1ncccc1N1CCC2(CC1)CCN(c1ccc(OC(F)(F)F)cc1)C2=O. The van der Waals surface area contributed by atoms with E-state index in [1.165, 1.54) is 24.3 Å². The predicted molar refractivity (Wildman–Crippen MR) is 105 cm³/mol. The summed E-state index contributed by atoms with van der Waals surface area (Å²) in [6, 6.07) is 9.27. The normalized spacial score (nSPS) is 18.7. The van der Waals surface area contributed by atoms with Crippen LogP contribution < -0.4 is 19.3 Å². The maximum atomic E-state index is 13.2. The molecule has 2 saturated heterocycles. The average molecular weight is 421 g/mol. The van der Waals surface area contributed by atoms with Crippen LogP contribution in [0, 0.1) is 5.41 Å². The van der Waals surface area contributed by atoms with E-state index >= 15 is 0 Å². The van der Waals surface area contributed by atoms with Crippen molar-refractivity contribution in [1.82, 2.24) is 4.98 Å². The molecule has 0 bridgehead atoms. The molecular formula is C21H22F3N3O3. The van der Waals surface area contributed by atoms with Gasteiger partial charge in [-0.05, 0) is 55.7 Å². The molecule has 6 nitrogen and oxygen atoms in total. The number of nitrogens with zero attached hydrogens (tertiary/aromatic N) is 3. The summed E-state index contributed by atoms with van der Waals surface area (Å²) in [4.78, 5) is 21.3. The Balaban J connectivity index is 1.44. The summed E-state index contributed by atoms with van der Waals surface area (Å²) in [6.07, 6.45) is -0.924. The van der Waals surface area contributed by atoms with Crippen LogP contribution >= 0.6 is 0 Å². The van der Waals surface area contributed by atoms with Crippen LogP contribution in [0.2, 0.25) is 0 Å². The van der Waals surface area contributed by atoms with Crippen LogP contribution in [0.1, 0.15) is 19.3 Å². The Morgan fingerprint density at radius 3 is 2.33 bits per heavy atom. The number of hydrogen-bond donors (Lipinski definition) is 0. The molecule has 2 fully saturated rings. The molecule has 0 atom stereocenters. The molecular weight excluding hydrogens is 399 g/mol.